The third kappa shape index (κ3) is 3.91. The highest BCUT2D eigenvalue weighted by Crippen LogP contribution is 2.51. The number of hydrogen-bond acceptors (Lipinski definition) is 7. The summed E-state index contributed by atoms with van der Waals surface area (Å²) in [5.74, 6) is 1.38. The fourth-order valence-corrected chi connectivity index (χ4v) is 4.04. The number of hydrogen-bond donors (Lipinski definition) is 1. The number of fused-ring (bicyclic) bond motifs is 4. The average molecular weight is 448 g/mol. The minimum atomic E-state index is -0.992. The normalized spacial score (nSPS) is 19.3. The Bertz CT molecular complexity index is 1250. The summed E-state index contributed by atoms with van der Waals surface area (Å²) in [5.41, 5.74) is 7.57. The summed E-state index contributed by atoms with van der Waals surface area (Å²) in [6.45, 7) is 7.28. The van der Waals surface area contributed by atoms with E-state index >= 15 is 0 Å². The van der Waals surface area contributed by atoms with Crippen LogP contribution in [-0.2, 0) is 10.3 Å². The Kier molecular flexibility index (Phi) is 5.05. The maximum absolute atomic E-state index is 14.4. The lowest BCUT2D eigenvalue weighted by Crippen LogP contribution is -2.42. The van der Waals surface area contributed by atoms with E-state index in [1.54, 1.807) is 30.5 Å². The molecule has 170 valence electrons. The highest BCUT2D eigenvalue weighted by atomic mass is 19.1. The lowest BCUT2D eigenvalue weighted by atomic mass is 9.80. The molecule has 8 heteroatoms. The molecule has 1 aromatic carbocycles. The Hall–Kier alpha value is -3.52. The van der Waals surface area contributed by atoms with Gasteiger partial charge in [-0.1, -0.05) is 26.8 Å². The van der Waals surface area contributed by atoms with Crippen molar-refractivity contribution < 1.29 is 18.6 Å². The van der Waals surface area contributed by atoms with Crippen molar-refractivity contribution in [3.05, 3.63) is 65.9 Å². The Morgan fingerprint density at radius 1 is 1.15 bits per heavy atom. The van der Waals surface area contributed by atoms with Crippen LogP contribution in [0.5, 0.6) is 17.4 Å². The van der Waals surface area contributed by atoms with Crippen LogP contribution in [0.25, 0.3) is 11.1 Å². The van der Waals surface area contributed by atoms with Gasteiger partial charge >= 0.3 is 0 Å². The van der Waals surface area contributed by atoms with Gasteiger partial charge in [0.15, 0.2) is 0 Å². The third-order valence-electron chi connectivity index (χ3n) is 5.54. The van der Waals surface area contributed by atoms with Gasteiger partial charge in [-0.2, -0.15) is 4.39 Å². The molecule has 1 spiro atoms. The molecule has 0 bridgehead atoms. The first-order valence-electron chi connectivity index (χ1n) is 10.7. The molecule has 7 nitrogen and oxygen atoms in total. The third-order valence-corrected chi connectivity index (χ3v) is 5.54. The Balaban J connectivity index is 1.66. The van der Waals surface area contributed by atoms with Gasteiger partial charge in [0.05, 0.1) is 25.0 Å². The van der Waals surface area contributed by atoms with E-state index in [1.807, 2.05) is 12.1 Å². The molecule has 2 aromatic heterocycles. The second-order valence-corrected chi connectivity index (χ2v) is 9.48. The molecule has 3 aromatic rings. The first-order chi connectivity index (χ1) is 15.7. The van der Waals surface area contributed by atoms with Crippen molar-refractivity contribution in [1.82, 2.24) is 9.97 Å². The summed E-state index contributed by atoms with van der Waals surface area (Å²) in [6, 6.07) is 10.7. The molecule has 0 aliphatic carbocycles. The number of benzene rings is 1. The maximum atomic E-state index is 14.4. The van der Waals surface area contributed by atoms with Crippen LogP contribution in [0, 0.1) is 11.4 Å². The fraction of sp³-hybridized carbons (Fsp3) is 0.320. The van der Waals surface area contributed by atoms with Gasteiger partial charge in [-0.25, -0.2) is 9.97 Å². The van der Waals surface area contributed by atoms with Crippen molar-refractivity contribution in [1.29, 1.82) is 0 Å². The Morgan fingerprint density at radius 2 is 2.00 bits per heavy atom. The van der Waals surface area contributed by atoms with Gasteiger partial charge in [-0.3, -0.25) is 4.99 Å². The van der Waals surface area contributed by atoms with Crippen LogP contribution in [0.2, 0.25) is 0 Å². The van der Waals surface area contributed by atoms with Crippen molar-refractivity contribution in [3.8, 4) is 28.5 Å². The molecule has 5 rings (SSSR count). The minimum absolute atomic E-state index is 0.0179. The van der Waals surface area contributed by atoms with Crippen LogP contribution in [0.1, 0.15) is 31.9 Å². The summed E-state index contributed by atoms with van der Waals surface area (Å²) in [5, 5.41) is 0. The molecule has 0 radical (unpaired) electrons. The number of aliphatic imine (C=N–C) groups is 1. The van der Waals surface area contributed by atoms with E-state index in [0.29, 0.717) is 52.1 Å². The van der Waals surface area contributed by atoms with Gasteiger partial charge in [0.1, 0.15) is 29.5 Å². The predicted molar refractivity (Wildman–Crippen MR) is 122 cm³/mol. The number of halogens is 1. The monoisotopic (exact) mass is 448 g/mol. The minimum Gasteiger partial charge on any atom is -0.491 e. The maximum Gasteiger partial charge on any atom is 0.225 e. The summed E-state index contributed by atoms with van der Waals surface area (Å²) in [6.07, 6.45) is 3.06. The summed E-state index contributed by atoms with van der Waals surface area (Å²) in [4.78, 5) is 13.1. The van der Waals surface area contributed by atoms with E-state index in [1.165, 1.54) is 6.20 Å². The molecule has 0 saturated heterocycles. The van der Waals surface area contributed by atoms with Crippen molar-refractivity contribution in [2.24, 2.45) is 16.1 Å². The first-order valence-corrected chi connectivity index (χ1v) is 10.7. The van der Waals surface area contributed by atoms with Gasteiger partial charge in [0.2, 0.25) is 11.8 Å². The standard InChI is InChI=1S/C25H25FN4O3/c1-24(2,3)13-32-16-10-19-23(29-11-16)33-20-7-6-15(17-5-4-8-28-22(17)26)9-18(20)25(19)14-31-12-21(27)30-25/h4-11H,12-14H2,1-3H3,(H2,27,30)/t25-/m0/s1. The number of aromatic nitrogens is 2. The molecule has 2 aliphatic rings. The van der Waals surface area contributed by atoms with Gasteiger partial charge in [-0.15, -0.1) is 0 Å². The molecule has 0 amide bonds. The van der Waals surface area contributed by atoms with Gasteiger partial charge in [-0.05, 0) is 41.3 Å². The molecular weight excluding hydrogens is 423 g/mol. The number of nitrogens with two attached hydrogens (primary N) is 1. The fourth-order valence-electron chi connectivity index (χ4n) is 4.04. The topological polar surface area (TPSA) is 91.9 Å². The lowest BCUT2D eigenvalue weighted by Gasteiger charge is -2.39. The van der Waals surface area contributed by atoms with Crippen LogP contribution in [0.3, 0.4) is 0 Å². The highest BCUT2D eigenvalue weighted by Gasteiger charge is 2.46. The second kappa shape index (κ2) is 7.81. The van der Waals surface area contributed by atoms with E-state index in [9.17, 15) is 4.39 Å². The van der Waals surface area contributed by atoms with E-state index < -0.39 is 11.5 Å². The second-order valence-electron chi connectivity index (χ2n) is 9.48. The number of amidine groups is 1. The number of ether oxygens (including phenoxy) is 3. The molecule has 0 saturated carbocycles. The molecule has 2 aliphatic heterocycles. The van der Waals surface area contributed by atoms with Crippen molar-refractivity contribution in [2.75, 3.05) is 19.8 Å². The van der Waals surface area contributed by atoms with E-state index in [2.05, 4.69) is 30.7 Å². The van der Waals surface area contributed by atoms with Crippen molar-refractivity contribution >= 4 is 5.84 Å². The van der Waals surface area contributed by atoms with Crippen LogP contribution in [0.15, 0.2) is 53.8 Å². The van der Waals surface area contributed by atoms with Crippen LogP contribution < -0.4 is 15.2 Å². The predicted octanol–water partition coefficient (Wildman–Crippen LogP) is 4.44. The smallest absolute Gasteiger partial charge is 0.225 e. The number of pyridine rings is 2. The quantitative estimate of drug-likeness (QED) is 0.596. The molecule has 0 unspecified atom stereocenters. The summed E-state index contributed by atoms with van der Waals surface area (Å²) >= 11 is 0. The van der Waals surface area contributed by atoms with E-state index in [4.69, 9.17) is 24.9 Å². The molecular formula is C25H25FN4O3. The number of nitrogens with zero attached hydrogens (tertiary/aromatic N) is 3. The zero-order valence-corrected chi connectivity index (χ0v) is 18.8. The number of rotatable bonds is 3. The van der Waals surface area contributed by atoms with Gasteiger partial charge in [0, 0.05) is 17.3 Å². The molecule has 1 atom stereocenters. The zero-order chi connectivity index (χ0) is 23.2. The van der Waals surface area contributed by atoms with Crippen LogP contribution >= 0.6 is 0 Å². The lowest BCUT2D eigenvalue weighted by molar-refractivity contribution is 0.109. The Labute approximate surface area is 191 Å². The largest absolute Gasteiger partial charge is 0.491 e. The van der Waals surface area contributed by atoms with Gasteiger partial charge in [0.25, 0.3) is 0 Å². The molecule has 4 heterocycles. The van der Waals surface area contributed by atoms with E-state index in [0.717, 1.165) is 0 Å². The van der Waals surface area contributed by atoms with Crippen molar-refractivity contribution in [3.63, 3.8) is 0 Å². The average Bonchev–Trinajstić information content (AvgIpc) is 2.78. The molecule has 2 N–H and O–H groups in total. The zero-order valence-electron chi connectivity index (χ0n) is 18.8. The van der Waals surface area contributed by atoms with Crippen molar-refractivity contribution in [2.45, 2.75) is 26.3 Å². The highest BCUT2D eigenvalue weighted by molar-refractivity contribution is 5.84. The van der Waals surface area contributed by atoms with E-state index in [-0.39, 0.29) is 18.6 Å². The molecule has 0 fully saturated rings. The summed E-state index contributed by atoms with van der Waals surface area (Å²) in [7, 11) is 0. The molecule has 33 heavy (non-hydrogen) atoms. The van der Waals surface area contributed by atoms with Gasteiger partial charge < -0.3 is 19.9 Å². The first kappa shape index (κ1) is 21.3. The Morgan fingerprint density at radius 3 is 2.76 bits per heavy atom. The SMILES string of the molecule is CC(C)(C)COc1cnc2c(c1)[C@]1(COCC(N)=N1)c1cc(-c3cccnc3F)ccc1O2. The van der Waals surface area contributed by atoms with Crippen LogP contribution in [0.4, 0.5) is 4.39 Å². The van der Waals surface area contributed by atoms with Crippen LogP contribution in [-0.4, -0.2) is 35.6 Å². The summed E-state index contributed by atoms with van der Waals surface area (Å²) < 4.78 is 32.4.